The lowest BCUT2D eigenvalue weighted by molar-refractivity contribution is 0.102. The van der Waals surface area contributed by atoms with Gasteiger partial charge < -0.3 is 16.8 Å². The van der Waals surface area contributed by atoms with Crippen LogP contribution in [0.1, 0.15) is 10.4 Å². The van der Waals surface area contributed by atoms with Crippen LogP contribution in [-0.2, 0) is 0 Å². The van der Waals surface area contributed by atoms with E-state index in [0.717, 1.165) is 11.3 Å². The van der Waals surface area contributed by atoms with Crippen molar-refractivity contribution in [2.45, 2.75) is 0 Å². The van der Waals surface area contributed by atoms with E-state index in [1.807, 2.05) is 47.8 Å². The summed E-state index contributed by atoms with van der Waals surface area (Å²) in [5.74, 6) is -0.165. The molecule has 0 radical (unpaired) electrons. The number of hydrogen-bond donors (Lipinski definition) is 3. The highest BCUT2D eigenvalue weighted by Crippen LogP contribution is 2.27. The molecule has 1 heterocycles. The van der Waals surface area contributed by atoms with E-state index in [4.69, 9.17) is 11.5 Å². The van der Waals surface area contributed by atoms with Gasteiger partial charge in [0.15, 0.2) is 5.96 Å². The summed E-state index contributed by atoms with van der Waals surface area (Å²) in [6.07, 6.45) is 0. The van der Waals surface area contributed by atoms with E-state index in [2.05, 4.69) is 15.3 Å². The summed E-state index contributed by atoms with van der Waals surface area (Å²) in [5.41, 5.74) is 13.7. The van der Waals surface area contributed by atoms with Gasteiger partial charge in [-0.3, -0.25) is 4.79 Å². The molecule has 3 rings (SSSR count). The van der Waals surface area contributed by atoms with Crippen molar-refractivity contribution in [1.82, 2.24) is 4.98 Å². The molecule has 0 fully saturated rings. The lowest BCUT2D eigenvalue weighted by Crippen LogP contribution is -2.21. The molecule has 3 aromatic rings. The molecule has 6 nitrogen and oxygen atoms in total. The third kappa shape index (κ3) is 3.76. The Morgan fingerprint density at radius 1 is 1.04 bits per heavy atom. The molecule has 120 valence electrons. The molecule has 0 saturated carbocycles. The zero-order valence-electron chi connectivity index (χ0n) is 12.6. The van der Waals surface area contributed by atoms with E-state index in [1.54, 1.807) is 12.1 Å². The fourth-order valence-electron chi connectivity index (χ4n) is 2.08. The maximum absolute atomic E-state index is 12.1. The zero-order chi connectivity index (χ0) is 16.9. The number of nitrogens with one attached hydrogen (secondary N) is 1. The minimum Gasteiger partial charge on any atom is -0.370 e. The van der Waals surface area contributed by atoms with Crippen molar-refractivity contribution in [2.75, 3.05) is 5.32 Å². The van der Waals surface area contributed by atoms with Gasteiger partial charge in [-0.15, -0.1) is 11.3 Å². The smallest absolute Gasteiger partial charge is 0.255 e. The predicted octanol–water partition coefficient (Wildman–Crippen LogP) is 2.97. The molecule has 1 aromatic heterocycles. The molecule has 1 amide bonds. The van der Waals surface area contributed by atoms with Crippen LogP contribution >= 0.6 is 11.3 Å². The SMILES string of the molecule is NC(N)=Nc1nc(-c2ccc(NC(=O)c3ccccc3)cc2)cs1. The molecule has 7 heteroatoms. The first-order valence-corrected chi connectivity index (χ1v) is 8.02. The Kier molecular flexibility index (Phi) is 4.53. The number of amides is 1. The number of carbonyl (C=O) groups is 1. The van der Waals surface area contributed by atoms with E-state index >= 15 is 0 Å². The Morgan fingerprint density at radius 3 is 2.42 bits per heavy atom. The summed E-state index contributed by atoms with van der Waals surface area (Å²) in [5, 5.41) is 5.24. The maximum atomic E-state index is 12.1. The summed E-state index contributed by atoms with van der Waals surface area (Å²) in [7, 11) is 0. The van der Waals surface area contributed by atoms with Gasteiger partial charge in [0.2, 0.25) is 5.13 Å². The highest BCUT2D eigenvalue weighted by atomic mass is 32.1. The number of nitrogens with zero attached hydrogens (tertiary/aromatic N) is 2. The van der Waals surface area contributed by atoms with Crippen molar-refractivity contribution >= 4 is 34.0 Å². The number of aliphatic imine (C=N–C) groups is 1. The first-order chi connectivity index (χ1) is 11.6. The topological polar surface area (TPSA) is 106 Å². The summed E-state index contributed by atoms with van der Waals surface area (Å²) in [4.78, 5) is 20.4. The van der Waals surface area contributed by atoms with Crippen LogP contribution in [0, 0.1) is 0 Å². The Labute approximate surface area is 142 Å². The van der Waals surface area contributed by atoms with Crippen LogP contribution in [0.4, 0.5) is 10.8 Å². The number of guanidine groups is 1. The molecule has 0 spiro atoms. The van der Waals surface area contributed by atoms with Crippen LogP contribution in [0.15, 0.2) is 65.0 Å². The van der Waals surface area contributed by atoms with Crippen molar-refractivity contribution in [2.24, 2.45) is 16.5 Å². The summed E-state index contributed by atoms with van der Waals surface area (Å²) < 4.78 is 0. The average Bonchev–Trinajstić information content (AvgIpc) is 3.04. The Bertz CT molecular complexity index is 868. The molecule has 5 N–H and O–H groups in total. The Morgan fingerprint density at radius 2 is 1.75 bits per heavy atom. The number of rotatable bonds is 4. The third-order valence-corrected chi connectivity index (χ3v) is 3.93. The van der Waals surface area contributed by atoms with Gasteiger partial charge in [0.05, 0.1) is 5.69 Å². The van der Waals surface area contributed by atoms with Crippen molar-refractivity contribution < 1.29 is 4.79 Å². The molecule has 0 aliphatic rings. The highest BCUT2D eigenvalue weighted by molar-refractivity contribution is 7.13. The van der Waals surface area contributed by atoms with Crippen molar-refractivity contribution in [3.8, 4) is 11.3 Å². The van der Waals surface area contributed by atoms with Gasteiger partial charge in [-0.2, -0.15) is 4.99 Å². The number of nitrogens with two attached hydrogens (primary N) is 2. The van der Waals surface area contributed by atoms with Crippen LogP contribution in [0.5, 0.6) is 0 Å². The normalized spacial score (nSPS) is 10.2. The fraction of sp³-hybridized carbons (Fsp3) is 0. The first kappa shape index (κ1) is 15.7. The quantitative estimate of drug-likeness (QED) is 0.502. The maximum Gasteiger partial charge on any atom is 0.255 e. The minimum atomic E-state index is -0.146. The molecule has 0 atom stereocenters. The minimum absolute atomic E-state index is 0.0186. The predicted molar refractivity (Wildman–Crippen MR) is 97.4 cm³/mol. The highest BCUT2D eigenvalue weighted by Gasteiger charge is 2.07. The second kappa shape index (κ2) is 6.93. The Balaban J connectivity index is 1.73. The number of thiazole rings is 1. The number of carbonyl (C=O) groups excluding carboxylic acids is 1. The fourth-order valence-corrected chi connectivity index (χ4v) is 2.79. The molecular formula is C17H15N5OS. The van der Waals surface area contributed by atoms with Crippen molar-refractivity contribution in [3.63, 3.8) is 0 Å². The molecule has 0 unspecified atom stereocenters. The summed E-state index contributed by atoms with van der Waals surface area (Å²) in [6.45, 7) is 0. The average molecular weight is 337 g/mol. The lowest BCUT2D eigenvalue weighted by atomic mass is 10.1. The van der Waals surface area contributed by atoms with E-state index in [0.29, 0.717) is 16.4 Å². The van der Waals surface area contributed by atoms with E-state index in [9.17, 15) is 4.79 Å². The zero-order valence-corrected chi connectivity index (χ0v) is 13.5. The molecule has 24 heavy (non-hydrogen) atoms. The Hall–Kier alpha value is -3.19. The van der Waals surface area contributed by atoms with Crippen LogP contribution < -0.4 is 16.8 Å². The molecular weight excluding hydrogens is 322 g/mol. The second-order valence-corrected chi connectivity index (χ2v) is 5.79. The number of anilines is 1. The molecule has 0 aliphatic carbocycles. The summed E-state index contributed by atoms with van der Waals surface area (Å²) in [6, 6.07) is 16.5. The molecule has 2 aromatic carbocycles. The number of aromatic nitrogens is 1. The number of benzene rings is 2. The van der Waals surface area contributed by atoms with E-state index in [-0.39, 0.29) is 11.9 Å². The first-order valence-electron chi connectivity index (χ1n) is 7.14. The van der Waals surface area contributed by atoms with Gasteiger partial charge in [-0.05, 0) is 24.3 Å². The second-order valence-electron chi connectivity index (χ2n) is 4.95. The van der Waals surface area contributed by atoms with Gasteiger partial charge in [0.25, 0.3) is 5.91 Å². The van der Waals surface area contributed by atoms with Gasteiger partial charge in [0, 0.05) is 22.2 Å². The third-order valence-electron chi connectivity index (χ3n) is 3.19. The van der Waals surface area contributed by atoms with Crippen molar-refractivity contribution in [1.29, 1.82) is 0 Å². The van der Waals surface area contributed by atoms with E-state index in [1.165, 1.54) is 11.3 Å². The standard InChI is InChI=1S/C17H15N5OS/c18-16(19)22-17-21-14(10-24-17)11-6-8-13(9-7-11)20-15(23)12-4-2-1-3-5-12/h1-10H,(H,20,23)(H4,18,19,21,22). The van der Waals surface area contributed by atoms with Gasteiger partial charge >= 0.3 is 0 Å². The molecule has 0 aliphatic heterocycles. The molecule has 0 bridgehead atoms. The van der Waals surface area contributed by atoms with Gasteiger partial charge in [0.1, 0.15) is 0 Å². The van der Waals surface area contributed by atoms with Crippen LogP contribution in [0.3, 0.4) is 0 Å². The van der Waals surface area contributed by atoms with Crippen LogP contribution in [-0.4, -0.2) is 16.9 Å². The van der Waals surface area contributed by atoms with Gasteiger partial charge in [-0.25, -0.2) is 4.98 Å². The molecule has 0 saturated heterocycles. The number of hydrogen-bond acceptors (Lipinski definition) is 4. The van der Waals surface area contributed by atoms with E-state index < -0.39 is 0 Å². The van der Waals surface area contributed by atoms with Gasteiger partial charge in [-0.1, -0.05) is 30.3 Å². The monoisotopic (exact) mass is 337 g/mol. The summed E-state index contributed by atoms with van der Waals surface area (Å²) >= 11 is 1.36. The lowest BCUT2D eigenvalue weighted by Gasteiger charge is -2.06. The van der Waals surface area contributed by atoms with Crippen LogP contribution in [0.2, 0.25) is 0 Å². The van der Waals surface area contributed by atoms with Crippen molar-refractivity contribution in [3.05, 3.63) is 65.5 Å². The van der Waals surface area contributed by atoms with Crippen LogP contribution in [0.25, 0.3) is 11.3 Å². The largest absolute Gasteiger partial charge is 0.370 e.